The minimum absolute atomic E-state index is 0.161. The molecule has 5 rings (SSSR count). The first-order valence-corrected chi connectivity index (χ1v) is 13.6. The van der Waals surface area contributed by atoms with Crippen LogP contribution in [0.15, 0.2) is 76.5 Å². The molecule has 180 valence electrons. The van der Waals surface area contributed by atoms with Crippen LogP contribution in [-0.2, 0) is 17.3 Å². The van der Waals surface area contributed by atoms with E-state index in [2.05, 4.69) is 5.32 Å². The summed E-state index contributed by atoms with van der Waals surface area (Å²) in [4.78, 5) is 29.5. The maximum Gasteiger partial charge on any atom is 0.259 e. The average molecular weight is 507 g/mol. The number of nitrogens with zero attached hydrogens (tertiary/aromatic N) is 1. The highest BCUT2D eigenvalue weighted by Gasteiger charge is 2.31. The van der Waals surface area contributed by atoms with Gasteiger partial charge in [-0.2, -0.15) is 0 Å². The van der Waals surface area contributed by atoms with Gasteiger partial charge in [-0.15, -0.1) is 0 Å². The molecule has 1 fully saturated rings. The summed E-state index contributed by atoms with van der Waals surface area (Å²) < 4.78 is 13.6. The summed E-state index contributed by atoms with van der Waals surface area (Å²) in [6, 6.07) is 19.6. The molecule has 1 aliphatic heterocycles. The molecule has 1 atom stereocenters. The van der Waals surface area contributed by atoms with Gasteiger partial charge in [0.05, 0.1) is 38.4 Å². The molecule has 0 aromatic heterocycles. The average Bonchev–Trinajstić information content (AvgIpc) is 3.19. The van der Waals surface area contributed by atoms with Crippen LogP contribution in [0.3, 0.4) is 0 Å². The summed E-state index contributed by atoms with van der Waals surface area (Å²) in [5.41, 5.74) is 2.24. The third-order valence-corrected chi connectivity index (χ3v) is 8.47. The van der Waals surface area contributed by atoms with Crippen molar-refractivity contribution >= 4 is 39.9 Å². The van der Waals surface area contributed by atoms with Crippen molar-refractivity contribution in [2.24, 2.45) is 0 Å². The molecule has 35 heavy (non-hydrogen) atoms. The van der Waals surface area contributed by atoms with Crippen LogP contribution in [0.4, 0.5) is 5.69 Å². The predicted molar refractivity (Wildman–Crippen MR) is 138 cm³/mol. The summed E-state index contributed by atoms with van der Waals surface area (Å²) in [6.45, 7) is 0.266. The van der Waals surface area contributed by atoms with Gasteiger partial charge in [-0.05, 0) is 60.9 Å². The zero-order chi connectivity index (χ0) is 24.4. The number of anilines is 1. The molecule has 1 N–H and O–H groups in total. The lowest BCUT2D eigenvalue weighted by molar-refractivity contribution is 0.0931. The van der Waals surface area contributed by atoms with E-state index in [0.717, 1.165) is 31.2 Å². The monoisotopic (exact) mass is 506 g/mol. The Balaban J connectivity index is 1.54. The molecule has 0 saturated heterocycles. The second kappa shape index (κ2) is 10.3. The van der Waals surface area contributed by atoms with Gasteiger partial charge in [0.1, 0.15) is 0 Å². The lowest BCUT2D eigenvalue weighted by Crippen LogP contribution is -2.35. The number of fused-ring (bicyclic) bond motifs is 2. The third kappa shape index (κ3) is 5.04. The number of amides is 2. The Hall–Kier alpha value is -2.96. The Bertz CT molecular complexity index is 1280. The summed E-state index contributed by atoms with van der Waals surface area (Å²) >= 11 is 6.06. The Kier molecular flexibility index (Phi) is 7.02. The number of benzene rings is 3. The number of hydrogen-bond acceptors (Lipinski definition) is 3. The normalized spacial score (nSPS) is 18.3. The van der Waals surface area contributed by atoms with Crippen molar-refractivity contribution in [1.82, 2.24) is 5.32 Å². The SMILES string of the molecule is O=C(NC1CCCCCC1)c1ccc2c(c1)N(Cc1ccc(Cl)cc1)C(=O)c1ccccc1[S@]2=O. The fourth-order valence-corrected chi connectivity index (χ4v) is 6.30. The van der Waals surface area contributed by atoms with Gasteiger partial charge in [0.25, 0.3) is 11.8 Å². The summed E-state index contributed by atoms with van der Waals surface area (Å²) in [5.74, 6) is -0.407. The van der Waals surface area contributed by atoms with E-state index < -0.39 is 10.8 Å². The first kappa shape index (κ1) is 23.8. The third-order valence-electron chi connectivity index (χ3n) is 6.72. The van der Waals surface area contributed by atoms with Crippen LogP contribution in [0, 0.1) is 0 Å². The summed E-state index contributed by atoms with van der Waals surface area (Å²) in [5, 5.41) is 3.79. The van der Waals surface area contributed by atoms with Gasteiger partial charge in [-0.25, -0.2) is 4.21 Å². The van der Waals surface area contributed by atoms with Crippen molar-refractivity contribution in [3.05, 3.63) is 88.4 Å². The molecule has 5 nitrogen and oxygen atoms in total. The van der Waals surface area contributed by atoms with Crippen molar-refractivity contribution in [1.29, 1.82) is 0 Å². The molecule has 0 bridgehead atoms. The highest BCUT2D eigenvalue weighted by atomic mass is 35.5. The van der Waals surface area contributed by atoms with E-state index in [1.165, 1.54) is 12.8 Å². The Morgan fingerprint density at radius 2 is 1.66 bits per heavy atom. The molecule has 1 saturated carbocycles. The highest BCUT2D eigenvalue weighted by molar-refractivity contribution is 7.85. The van der Waals surface area contributed by atoms with Crippen LogP contribution in [0.2, 0.25) is 5.02 Å². The number of carbonyl (C=O) groups excluding carboxylic acids is 2. The number of rotatable bonds is 4. The molecular weight excluding hydrogens is 480 g/mol. The van der Waals surface area contributed by atoms with Gasteiger partial charge in [0.15, 0.2) is 0 Å². The van der Waals surface area contributed by atoms with Crippen LogP contribution < -0.4 is 10.2 Å². The molecular formula is C28H27ClN2O3S. The van der Waals surface area contributed by atoms with Gasteiger partial charge in [-0.3, -0.25) is 9.59 Å². The predicted octanol–water partition coefficient (Wildman–Crippen LogP) is 6.12. The molecule has 3 aromatic carbocycles. The van der Waals surface area contributed by atoms with E-state index in [9.17, 15) is 13.8 Å². The standard InChI is InChI=1S/C28H27ClN2O3S/c29-21-14-11-19(12-15-21)18-31-24-17-20(27(32)30-22-7-3-1-2-4-8-22)13-16-26(24)35(34)25-10-6-5-9-23(25)28(31)33/h5-6,9-17,22H,1-4,7-8,18H2,(H,30,32)/t35-/m1/s1. The van der Waals surface area contributed by atoms with E-state index in [1.54, 1.807) is 59.5 Å². The van der Waals surface area contributed by atoms with Crippen molar-refractivity contribution in [3.8, 4) is 0 Å². The zero-order valence-corrected chi connectivity index (χ0v) is 20.9. The Labute approximate surface area is 212 Å². The second-order valence-electron chi connectivity index (χ2n) is 9.13. The van der Waals surface area contributed by atoms with Crippen molar-refractivity contribution in [3.63, 3.8) is 0 Å². The Morgan fingerprint density at radius 1 is 0.943 bits per heavy atom. The van der Waals surface area contributed by atoms with Crippen molar-refractivity contribution in [2.45, 2.75) is 60.9 Å². The first-order chi connectivity index (χ1) is 17.0. The fraction of sp³-hybridized carbons (Fsp3) is 0.286. The number of hydrogen-bond donors (Lipinski definition) is 1. The van der Waals surface area contributed by atoms with E-state index in [4.69, 9.17) is 11.6 Å². The lowest BCUT2D eigenvalue weighted by atomic mass is 10.1. The Morgan fingerprint density at radius 3 is 2.40 bits per heavy atom. The van der Waals surface area contributed by atoms with Gasteiger partial charge < -0.3 is 10.2 Å². The molecule has 3 aromatic rings. The quantitative estimate of drug-likeness (QED) is 0.433. The molecule has 0 spiro atoms. The molecule has 2 amide bonds. The van der Waals surface area contributed by atoms with Crippen molar-refractivity contribution < 1.29 is 13.8 Å². The molecule has 1 aliphatic carbocycles. The largest absolute Gasteiger partial charge is 0.349 e. The van der Waals surface area contributed by atoms with E-state index in [0.29, 0.717) is 31.6 Å². The van der Waals surface area contributed by atoms with Crippen LogP contribution >= 0.6 is 11.6 Å². The number of halogens is 1. The molecule has 0 unspecified atom stereocenters. The minimum atomic E-state index is -1.56. The van der Waals surface area contributed by atoms with E-state index >= 15 is 0 Å². The maximum atomic E-state index is 13.7. The summed E-state index contributed by atoms with van der Waals surface area (Å²) in [7, 11) is -1.56. The van der Waals surface area contributed by atoms with Crippen LogP contribution in [0.5, 0.6) is 0 Å². The molecule has 1 heterocycles. The van der Waals surface area contributed by atoms with E-state index in [-0.39, 0.29) is 24.4 Å². The molecule has 2 aliphatic rings. The fourth-order valence-electron chi connectivity index (χ4n) is 4.83. The molecule has 7 heteroatoms. The maximum absolute atomic E-state index is 13.7. The second-order valence-corrected chi connectivity index (χ2v) is 11.0. The minimum Gasteiger partial charge on any atom is -0.349 e. The van der Waals surface area contributed by atoms with E-state index in [1.807, 2.05) is 12.1 Å². The smallest absolute Gasteiger partial charge is 0.259 e. The first-order valence-electron chi connectivity index (χ1n) is 12.0. The van der Waals surface area contributed by atoms with Crippen LogP contribution in [-0.4, -0.2) is 22.1 Å². The van der Waals surface area contributed by atoms with Crippen LogP contribution in [0.25, 0.3) is 0 Å². The zero-order valence-electron chi connectivity index (χ0n) is 19.3. The number of carbonyl (C=O) groups is 2. The lowest BCUT2D eigenvalue weighted by Gasteiger charge is -2.24. The van der Waals surface area contributed by atoms with Gasteiger partial charge in [0, 0.05) is 16.6 Å². The number of nitrogens with one attached hydrogen (secondary N) is 1. The van der Waals surface area contributed by atoms with Gasteiger partial charge in [-0.1, -0.05) is 61.5 Å². The topological polar surface area (TPSA) is 66.5 Å². The summed E-state index contributed by atoms with van der Waals surface area (Å²) in [6.07, 6.45) is 6.62. The van der Waals surface area contributed by atoms with Gasteiger partial charge >= 0.3 is 0 Å². The highest BCUT2D eigenvalue weighted by Crippen LogP contribution is 2.36. The van der Waals surface area contributed by atoms with Crippen LogP contribution in [0.1, 0.15) is 64.8 Å². The van der Waals surface area contributed by atoms with Crippen molar-refractivity contribution in [2.75, 3.05) is 4.90 Å². The van der Waals surface area contributed by atoms with Gasteiger partial charge in [0.2, 0.25) is 0 Å². The molecule has 0 radical (unpaired) electrons.